The second-order valence-corrected chi connectivity index (χ2v) is 8.06. The summed E-state index contributed by atoms with van der Waals surface area (Å²) in [6, 6.07) is 13.3. The summed E-state index contributed by atoms with van der Waals surface area (Å²) in [5.74, 6) is 1.83. The zero-order valence-corrected chi connectivity index (χ0v) is 18.3. The number of pyridine rings is 1. The highest BCUT2D eigenvalue weighted by Gasteiger charge is 2.18. The van der Waals surface area contributed by atoms with Crippen molar-refractivity contribution in [3.63, 3.8) is 0 Å². The quantitative estimate of drug-likeness (QED) is 0.286. The Bertz CT molecular complexity index is 994. The predicted molar refractivity (Wildman–Crippen MR) is 124 cm³/mol. The van der Waals surface area contributed by atoms with Crippen molar-refractivity contribution < 1.29 is 9.53 Å². The SMILES string of the molecule is CCCC(=O)c1cnc2c(OCCCSC)cccc2c1Nc1ccccc1Cl. The minimum absolute atomic E-state index is 0.0581. The van der Waals surface area contributed by atoms with Gasteiger partial charge in [0.25, 0.3) is 0 Å². The lowest BCUT2D eigenvalue weighted by Crippen LogP contribution is -2.07. The average molecular weight is 429 g/mol. The number of ether oxygens (including phenoxy) is 1. The Hall–Kier alpha value is -2.24. The van der Waals surface area contributed by atoms with E-state index >= 15 is 0 Å². The number of carbonyl (C=O) groups excluding carboxylic acids is 1. The first-order valence-corrected chi connectivity index (χ1v) is 11.5. The monoisotopic (exact) mass is 428 g/mol. The molecular weight excluding hydrogens is 404 g/mol. The van der Waals surface area contributed by atoms with E-state index in [1.807, 2.05) is 49.4 Å². The van der Waals surface area contributed by atoms with Crippen molar-refractivity contribution >= 4 is 51.4 Å². The van der Waals surface area contributed by atoms with Gasteiger partial charge >= 0.3 is 0 Å². The first-order valence-electron chi connectivity index (χ1n) is 9.74. The number of aromatic nitrogens is 1. The normalized spacial score (nSPS) is 10.9. The number of ketones is 1. The molecule has 3 aromatic rings. The van der Waals surface area contributed by atoms with Crippen LogP contribution in [0.3, 0.4) is 0 Å². The topological polar surface area (TPSA) is 51.2 Å². The van der Waals surface area contributed by atoms with Crippen LogP contribution in [0.15, 0.2) is 48.7 Å². The number of benzene rings is 2. The molecule has 0 spiro atoms. The van der Waals surface area contributed by atoms with Gasteiger partial charge in [0.15, 0.2) is 5.78 Å². The molecule has 0 fully saturated rings. The maximum Gasteiger partial charge on any atom is 0.166 e. The molecule has 2 aromatic carbocycles. The molecule has 0 saturated carbocycles. The molecule has 0 aliphatic heterocycles. The highest BCUT2D eigenvalue weighted by Crippen LogP contribution is 2.36. The highest BCUT2D eigenvalue weighted by molar-refractivity contribution is 7.98. The lowest BCUT2D eigenvalue weighted by molar-refractivity contribution is 0.0982. The third-order valence-corrected chi connectivity index (χ3v) is 5.55. The molecule has 0 saturated heterocycles. The van der Waals surface area contributed by atoms with Crippen molar-refractivity contribution in [2.75, 3.05) is 23.9 Å². The molecule has 0 amide bonds. The van der Waals surface area contributed by atoms with E-state index in [-0.39, 0.29) is 5.78 Å². The van der Waals surface area contributed by atoms with Crippen LogP contribution in [-0.2, 0) is 0 Å². The molecule has 0 radical (unpaired) electrons. The van der Waals surface area contributed by atoms with Gasteiger partial charge in [0, 0.05) is 18.0 Å². The molecule has 1 heterocycles. The molecule has 0 atom stereocenters. The molecule has 0 unspecified atom stereocenters. The summed E-state index contributed by atoms with van der Waals surface area (Å²) in [5, 5.41) is 4.81. The highest BCUT2D eigenvalue weighted by atomic mass is 35.5. The van der Waals surface area contributed by atoms with Crippen LogP contribution in [-0.4, -0.2) is 29.4 Å². The maximum absolute atomic E-state index is 12.8. The van der Waals surface area contributed by atoms with Crippen molar-refractivity contribution in [1.82, 2.24) is 4.98 Å². The van der Waals surface area contributed by atoms with Crippen LogP contribution < -0.4 is 10.1 Å². The molecule has 3 rings (SSSR count). The van der Waals surface area contributed by atoms with Gasteiger partial charge in [0.05, 0.1) is 28.6 Å². The summed E-state index contributed by atoms with van der Waals surface area (Å²) in [4.78, 5) is 17.4. The molecule has 0 aliphatic carbocycles. The maximum atomic E-state index is 12.8. The van der Waals surface area contributed by atoms with Gasteiger partial charge in [-0.05, 0) is 43.0 Å². The second kappa shape index (κ2) is 10.5. The van der Waals surface area contributed by atoms with E-state index in [0.29, 0.717) is 23.6 Å². The van der Waals surface area contributed by atoms with Crippen molar-refractivity contribution in [2.24, 2.45) is 0 Å². The van der Waals surface area contributed by atoms with E-state index in [1.54, 1.807) is 18.0 Å². The number of nitrogens with zero attached hydrogens (tertiary/aromatic N) is 1. The molecule has 6 heteroatoms. The van der Waals surface area contributed by atoms with Crippen LogP contribution in [0, 0.1) is 0 Å². The Labute approximate surface area is 181 Å². The number of fused-ring (bicyclic) bond motifs is 1. The lowest BCUT2D eigenvalue weighted by atomic mass is 10.0. The second-order valence-electron chi connectivity index (χ2n) is 6.67. The molecule has 1 aromatic heterocycles. The third-order valence-electron chi connectivity index (χ3n) is 4.52. The Morgan fingerprint density at radius 3 is 2.79 bits per heavy atom. The number of Topliss-reactive ketones (excluding diaryl/α,β-unsaturated/α-hetero) is 1. The Morgan fingerprint density at radius 1 is 1.21 bits per heavy atom. The summed E-state index contributed by atoms with van der Waals surface area (Å²) in [7, 11) is 0. The van der Waals surface area contributed by atoms with Crippen molar-refractivity contribution in [2.45, 2.75) is 26.2 Å². The molecule has 0 bridgehead atoms. The van der Waals surface area contributed by atoms with Gasteiger partial charge in [-0.3, -0.25) is 9.78 Å². The smallest absolute Gasteiger partial charge is 0.166 e. The van der Waals surface area contributed by atoms with Gasteiger partial charge in [-0.1, -0.05) is 42.8 Å². The van der Waals surface area contributed by atoms with E-state index < -0.39 is 0 Å². The van der Waals surface area contributed by atoms with E-state index in [9.17, 15) is 4.79 Å². The fourth-order valence-corrected chi connectivity index (χ4v) is 3.69. The van der Waals surface area contributed by atoms with Gasteiger partial charge in [-0.25, -0.2) is 0 Å². The molecule has 1 N–H and O–H groups in total. The number of para-hydroxylation sites is 2. The average Bonchev–Trinajstić information content (AvgIpc) is 2.73. The van der Waals surface area contributed by atoms with Gasteiger partial charge in [0.1, 0.15) is 11.3 Å². The largest absolute Gasteiger partial charge is 0.491 e. The molecule has 0 aliphatic rings. The Morgan fingerprint density at radius 2 is 2.03 bits per heavy atom. The van der Waals surface area contributed by atoms with Crippen LogP contribution in [0.2, 0.25) is 5.02 Å². The molecule has 4 nitrogen and oxygen atoms in total. The summed E-state index contributed by atoms with van der Waals surface area (Å²) in [5.41, 5.74) is 2.77. The van der Waals surface area contributed by atoms with Gasteiger partial charge < -0.3 is 10.1 Å². The van der Waals surface area contributed by atoms with Crippen molar-refractivity contribution in [3.05, 3.63) is 59.2 Å². The predicted octanol–water partition coefficient (Wildman–Crippen LogP) is 6.75. The van der Waals surface area contributed by atoms with E-state index in [1.165, 1.54) is 0 Å². The number of anilines is 2. The summed E-state index contributed by atoms with van der Waals surface area (Å²) in [6.07, 6.45) is 5.95. The van der Waals surface area contributed by atoms with Crippen LogP contribution in [0.1, 0.15) is 36.5 Å². The number of thioether (sulfide) groups is 1. The summed E-state index contributed by atoms with van der Waals surface area (Å²) < 4.78 is 5.98. The standard InChI is InChI=1S/C23H25ClN2O2S/c1-3-8-20(27)17-15-25-23-16(9-6-12-21(23)28-13-7-14-29-2)22(17)26-19-11-5-4-10-18(19)24/h4-6,9-12,15H,3,7-8,13-14H2,1-2H3,(H,25,26). The van der Waals surface area contributed by atoms with Crippen LogP contribution >= 0.6 is 23.4 Å². The van der Waals surface area contributed by atoms with Gasteiger partial charge in [-0.2, -0.15) is 11.8 Å². The number of rotatable bonds is 10. The van der Waals surface area contributed by atoms with E-state index in [0.717, 1.165) is 46.6 Å². The lowest BCUT2D eigenvalue weighted by Gasteiger charge is -2.16. The summed E-state index contributed by atoms with van der Waals surface area (Å²) in [6.45, 7) is 2.62. The fraction of sp³-hybridized carbons (Fsp3) is 0.304. The third kappa shape index (κ3) is 5.22. The van der Waals surface area contributed by atoms with E-state index in [2.05, 4.69) is 16.6 Å². The zero-order chi connectivity index (χ0) is 20.6. The Balaban J connectivity index is 2.06. The summed E-state index contributed by atoms with van der Waals surface area (Å²) >= 11 is 8.16. The van der Waals surface area contributed by atoms with Crippen molar-refractivity contribution in [1.29, 1.82) is 0 Å². The van der Waals surface area contributed by atoms with Crippen LogP contribution in [0.25, 0.3) is 10.9 Å². The number of carbonyl (C=O) groups is 1. The van der Waals surface area contributed by atoms with Crippen molar-refractivity contribution in [3.8, 4) is 5.75 Å². The van der Waals surface area contributed by atoms with Crippen LogP contribution in [0.5, 0.6) is 5.75 Å². The number of nitrogens with one attached hydrogen (secondary N) is 1. The number of hydrogen-bond donors (Lipinski definition) is 1. The molecular formula is C23H25ClN2O2S. The Kier molecular flexibility index (Phi) is 7.78. The fourth-order valence-electron chi connectivity index (χ4n) is 3.10. The minimum Gasteiger partial charge on any atom is -0.491 e. The number of hydrogen-bond acceptors (Lipinski definition) is 5. The van der Waals surface area contributed by atoms with E-state index in [4.69, 9.17) is 16.3 Å². The van der Waals surface area contributed by atoms with Gasteiger partial charge in [0.2, 0.25) is 0 Å². The van der Waals surface area contributed by atoms with Crippen LogP contribution in [0.4, 0.5) is 11.4 Å². The molecule has 29 heavy (non-hydrogen) atoms. The first kappa shape index (κ1) is 21.5. The zero-order valence-electron chi connectivity index (χ0n) is 16.7. The minimum atomic E-state index is 0.0581. The number of halogens is 1. The molecule has 152 valence electrons. The first-order chi connectivity index (χ1) is 14.2. The van der Waals surface area contributed by atoms with Gasteiger partial charge in [-0.15, -0.1) is 0 Å².